The number of hydrogen-bond acceptors (Lipinski definition) is 4. The van der Waals surface area contributed by atoms with E-state index in [0.29, 0.717) is 26.3 Å². The van der Waals surface area contributed by atoms with Crippen LogP contribution in [0.3, 0.4) is 0 Å². The number of rotatable bonds is 5. The maximum Gasteiger partial charge on any atom is 0.325 e. The summed E-state index contributed by atoms with van der Waals surface area (Å²) in [7, 11) is 1.66. The third-order valence-electron chi connectivity index (χ3n) is 6.40. The molecule has 7 nitrogen and oxygen atoms in total. The predicted molar refractivity (Wildman–Crippen MR) is 118 cm³/mol. The molecule has 2 amide bonds. The highest BCUT2D eigenvalue weighted by atomic mass is 16.5. The van der Waals surface area contributed by atoms with Gasteiger partial charge in [0, 0.05) is 37.2 Å². The number of nitrogens with zero attached hydrogens (tertiary/aromatic N) is 3. The summed E-state index contributed by atoms with van der Waals surface area (Å²) in [5, 5.41) is 6.85. The lowest BCUT2D eigenvalue weighted by Gasteiger charge is -2.40. The third kappa shape index (κ3) is 3.65. The van der Waals surface area contributed by atoms with Crippen LogP contribution in [0.5, 0.6) is 5.75 Å². The number of benzene rings is 2. The number of amides is 2. The summed E-state index contributed by atoms with van der Waals surface area (Å²) >= 11 is 0. The number of nitrogens with one attached hydrogen (secondary N) is 1. The van der Waals surface area contributed by atoms with Crippen molar-refractivity contribution in [3.05, 3.63) is 66.5 Å². The number of anilines is 1. The Bertz CT molecular complexity index is 1040. The molecule has 0 bridgehead atoms. The number of ether oxygens (including phenoxy) is 2. The van der Waals surface area contributed by atoms with Gasteiger partial charge in [-0.1, -0.05) is 24.3 Å². The van der Waals surface area contributed by atoms with Gasteiger partial charge in [-0.25, -0.2) is 4.79 Å². The molecule has 3 aromatic rings. The van der Waals surface area contributed by atoms with E-state index in [4.69, 9.17) is 9.47 Å². The number of aromatic amines is 1. The Hall–Kier alpha value is -3.32. The monoisotopic (exact) mass is 418 g/mol. The summed E-state index contributed by atoms with van der Waals surface area (Å²) in [5.74, 6) is 0.803. The van der Waals surface area contributed by atoms with E-state index in [1.165, 1.54) is 0 Å². The van der Waals surface area contributed by atoms with Crippen molar-refractivity contribution in [3.8, 4) is 16.9 Å². The Labute approximate surface area is 181 Å². The van der Waals surface area contributed by atoms with Crippen molar-refractivity contribution >= 4 is 11.7 Å². The first-order valence-corrected chi connectivity index (χ1v) is 10.6. The Morgan fingerprint density at radius 2 is 1.94 bits per heavy atom. The van der Waals surface area contributed by atoms with Crippen molar-refractivity contribution in [3.63, 3.8) is 0 Å². The molecule has 1 N–H and O–H groups in total. The molecule has 7 heteroatoms. The van der Waals surface area contributed by atoms with Gasteiger partial charge < -0.3 is 14.4 Å². The van der Waals surface area contributed by atoms with Crippen molar-refractivity contribution in [1.29, 1.82) is 0 Å². The second kappa shape index (κ2) is 8.07. The molecule has 1 spiro atoms. The molecule has 2 aliphatic rings. The number of urea groups is 1. The van der Waals surface area contributed by atoms with E-state index in [1.54, 1.807) is 13.3 Å². The highest BCUT2D eigenvalue weighted by Gasteiger charge is 2.50. The highest BCUT2D eigenvalue weighted by Crippen LogP contribution is 2.39. The number of hydrogen-bond donors (Lipinski definition) is 1. The van der Waals surface area contributed by atoms with E-state index in [0.717, 1.165) is 41.0 Å². The van der Waals surface area contributed by atoms with Gasteiger partial charge in [-0.3, -0.25) is 10.00 Å². The first-order valence-electron chi connectivity index (χ1n) is 10.6. The molecule has 5 rings (SSSR count). The molecule has 3 heterocycles. The molecule has 31 heavy (non-hydrogen) atoms. The van der Waals surface area contributed by atoms with Gasteiger partial charge in [-0.05, 0) is 48.2 Å². The topological polar surface area (TPSA) is 70.7 Å². The molecular weight excluding hydrogens is 392 g/mol. The lowest BCUT2D eigenvalue weighted by molar-refractivity contribution is 0.00609. The quantitative estimate of drug-likeness (QED) is 0.678. The summed E-state index contributed by atoms with van der Waals surface area (Å²) in [5.41, 5.74) is 3.85. The van der Waals surface area contributed by atoms with Gasteiger partial charge in [0.25, 0.3) is 0 Å². The fourth-order valence-corrected chi connectivity index (χ4v) is 4.61. The van der Waals surface area contributed by atoms with Crippen LogP contribution < -0.4 is 9.64 Å². The largest absolute Gasteiger partial charge is 0.497 e. The van der Waals surface area contributed by atoms with Gasteiger partial charge in [0.15, 0.2) is 0 Å². The van der Waals surface area contributed by atoms with Crippen LogP contribution in [0.15, 0.2) is 60.9 Å². The Kier molecular flexibility index (Phi) is 5.11. The van der Waals surface area contributed by atoms with Gasteiger partial charge >= 0.3 is 6.03 Å². The number of aromatic nitrogens is 2. The molecule has 0 atom stereocenters. The smallest absolute Gasteiger partial charge is 0.325 e. The molecule has 0 radical (unpaired) electrons. The Balaban J connectivity index is 1.44. The van der Waals surface area contributed by atoms with Crippen LogP contribution in [0.1, 0.15) is 18.4 Å². The molecule has 160 valence electrons. The standard InChI is InChI=1S/C24H26N4O3/c1-30-22-4-2-3-18(13-22)16-28-23(29)27(17-24(28)9-11-31-12-10-24)21-7-5-19(6-8-21)20-14-25-26-15-20/h2-8,13-15H,9-12,16-17H2,1H3,(H,25,26). The number of methoxy groups -OCH3 is 1. The maximum absolute atomic E-state index is 13.6. The molecular formula is C24H26N4O3. The zero-order chi connectivity index (χ0) is 21.3. The van der Waals surface area contributed by atoms with Crippen LogP contribution in [0.4, 0.5) is 10.5 Å². The fraction of sp³-hybridized carbons (Fsp3) is 0.333. The number of H-pyrrole nitrogens is 1. The van der Waals surface area contributed by atoms with Gasteiger partial charge in [-0.15, -0.1) is 0 Å². The summed E-state index contributed by atoms with van der Waals surface area (Å²) < 4.78 is 11.0. The summed E-state index contributed by atoms with van der Waals surface area (Å²) in [4.78, 5) is 17.6. The third-order valence-corrected chi connectivity index (χ3v) is 6.40. The molecule has 2 saturated heterocycles. The van der Waals surface area contributed by atoms with Gasteiger partial charge in [-0.2, -0.15) is 5.10 Å². The molecule has 0 unspecified atom stereocenters. The molecule has 0 aliphatic carbocycles. The SMILES string of the molecule is COc1cccc(CN2C(=O)N(c3ccc(-c4cn[nH]c4)cc3)CC23CCOCC3)c1. The van der Waals surface area contributed by atoms with E-state index in [2.05, 4.69) is 10.2 Å². The molecule has 2 aromatic carbocycles. The molecule has 0 saturated carbocycles. The summed E-state index contributed by atoms with van der Waals surface area (Å²) in [6.45, 7) is 2.58. The van der Waals surface area contributed by atoms with E-state index in [-0.39, 0.29) is 11.6 Å². The minimum Gasteiger partial charge on any atom is -0.497 e. The first-order chi connectivity index (χ1) is 15.2. The Morgan fingerprint density at radius 3 is 2.65 bits per heavy atom. The average molecular weight is 418 g/mol. The van der Waals surface area contributed by atoms with E-state index in [1.807, 2.05) is 64.5 Å². The normalized spacial score (nSPS) is 18.0. The van der Waals surface area contributed by atoms with E-state index >= 15 is 0 Å². The lowest BCUT2D eigenvalue weighted by atomic mass is 9.89. The maximum atomic E-state index is 13.6. The van der Waals surface area contributed by atoms with E-state index < -0.39 is 0 Å². The second-order valence-corrected chi connectivity index (χ2v) is 8.18. The minimum absolute atomic E-state index is 0.0424. The minimum atomic E-state index is -0.221. The van der Waals surface area contributed by atoms with Gasteiger partial charge in [0.2, 0.25) is 0 Å². The first kappa shape index (κ1) is 19.6. The van der Waals surface area contributed by atoms with Crippen molar-refractivity contribution in [2.24, 2.45) is 0 Å². The van der Waals surface area contributed by atoms with Crippen molar-refractivity contribution in [2.75, 3.05) is 31.8 Å². The second-order valence-electron chi connectivity index (χ2n) is 8.18. The van der Waals surface area contributed by atoms with Gasteiger partial charge in [0.1, 0.15) is 5.75 Å². The van der Waals surface area contributed by atoms with Crippen LogP contribution in [0.25, 0.3) is 11.1 Å². The zero-order valence-electron chi connectivity index (χ0n) is 17.6. The van der Waals surface area contributed by atoms with Crippen LogP contribution in [0, 0.1) is 0 Å². The molecule has 1 aromatic heterocycles. The summed E-state index contributed by atoms with van der Waals surface area (Å²) in [6, 6.07) is 16.1. The van der Waals surface area contributed by atoms with Crippen LogP contribution >= 0.6 is 0 Å². The zero-order valence-corrected chi connectivity index (χ0v) is 17.6. The van der Waals surface area contributed by atoms with Crippen molar-refractivity contribution in [1.82, 2.24) is 15.1 Å². The highest BCUT2D eigenvalue weighted by molar-refractivity contribution is 5.95. The Morgan fingerprint density at radius 1 is 1.13 bits per heavy atom. The van der Waals surface area contributed by atoms with Crippen LogP contribution in [-0.2, 0) is 11.3 Å². The van der Waals surface area contributed by atoms with Crippen LogP contribution in [0.2, 0.25) is 0 Å². The molecule has 2 aliphatic heterocycles. The van der Waals surface area contributed by atoms with E-state index in [9.17, 15) is 4.79 Å². The average Bonchev–Trinajstić information content (AvgIpc) is 3.44. The number of carbonyl (C=O) groups is 1. The predicted octanol–water partition coefficient (Wildman–Crippen LogP) is 4.08. The van der Waals surface area contributed by atoms with Gasteiger partial charge in [0.05, 0.1) is 25.4 Å². The van der Waals surface area contributed by atoms with Crippen molar-refractivity contribution < 1.29 is 14.3 Å². The van der Waals surface area contributed by atoms with Crippen LogP contribution in [-0.4, -0.2) is 53.5 Å². The summed E-state index contributed by atoms with van der Waals surface area (Å²) in [6.07, 6.45) is 5.34. The number of carbonyl (C=O) groups excluding carboxylic acids is 1. The fourth-order valence-electron chi connectivity index (χ4n) is 4.61. The molecule has 2 fully saturated rings. The lowest BCUT2D eigenvalue weighted by Crippen LogP contribution is -2.50. The van der Waals surface area contributed by atoms with Crippen molar-refractivity contribution in [2.45, 2.75) is 24.9 Å².